The summed E-state index contributed by atoms with van der Waals surface area (Å²) in [5, 5.41) is 0. The topological polar surface area (TPSA) is 25.3 Å². The second-order valence-electron chi connectivity index (χ2n) is 9.88. The quantitative estimate of drug-likeness (QED) is 0.200. The van der Waals surface area contributed by atoms with Gasteiger partial charge in [-0.15, -0.1) is 0 Å². The zero-order valence-electron chi connectivity index (χ0n) is 22.0. The molecule has 0 saturated heterocycles. The van der Waals surface area contributed by atoms with Gasteiger partial charge in [-0.1, -0.05) is 83.6 Å². The smallest absolute Gasteiger partial charge is 0.211 e. The zero-order valence-corrected chi connectivity index (χ0v) is 22.0. The summed E-state index contributed by atoms with van der Waals surface area (Å²) in [6, 6.07) is 17.7. The first-order valence-electron chi connectivity index (χ1n) is 13.7. The van der Waals surface area contributed by atoms with Crippen molar-refractivity contribution >= 4 is 11.4 Å². The Morgan fingerprint density at radius 1 is 0.618 bits per heavy atom. The fraction of sp³-hybridized carbons (Fsp3) is 0.500. The van der Waals surface area contributed by atoms with Crippen molar-refractivity contribution in [1.82, 2.24) is 0 Å². The van der Waals surface area contributed by atoms with Gasteiger partial charge in [0.15, 0.2) is 0 Å². The van der Waals surface area contributed by atoms with Crippen molar-refractivity contribution in [3.8, 4) is 0 Å². The molecule has 0 radical (unpaired) electrons. The minimum Gasteiger partial charge on any atom is -0.493 e. The number of unbranched alkanes of at least 4 members (excludes halogenated alkanes) is 6. The number of nitrogens with zero attached hydrogens (tertiary/aromatic N) is 2. The van der Waals surface area contributed by atoms with E-state index in [9.17, 15) is 5.53 Å². The minimum atomic E-state index is 0.942. The highest BCUT2D eigenvalue weighted by Crippen LogP contribution is 2.42. The molecule has 0 N–H and O–H groups in total. The van der Waals surface area contributed by atoms with Crippen LogP contribution in [-0.2, 0) is 12.8 Å². The van der Waals surface area contributed by atoms with Crippen LogP contribution in [-0.4, -0.2) is 4.70 Å². The average molecular weight is 457 g/mol. The molecule has 0 saturated carbocycles. The lowest BCUT2D eigenvalue weighted by atomic mass is 9.95. The van der Waals surface area contributed by atoms with Gasteiger partial charge in [-0.25, -0.2) is 4.70 Å². The molecule has 3 rings (SSSR count). The predicted molar refractivity (Wildman–Crippen MR) is 147 cm³/mol. The summed E-state index contributed by atoms with van der Waals surface area (Å²) in [5.74, 6) is 0. The minimum absolute atomic E-state index is 0.942. The molecule has 0 fully saturated rings. The molecule has 1 aliphatic rings. The number of allylic oxidation sites excluding steroid dienone is 2. The maximum absolute atomic E-state index is 11.5. The highest BCUT2D eigenvalue weighted by molar-refractivity contribution is 5.81. The van der Waals surface area contributed by atoms with Gasteiger partial charge in [0.05, 0.1) is 0 Å². The number of hydrogen-bond donors (Lipinski definition) is 0. The first-order chi connectivity index (χ1) is 16.6. The second-order valence-corrected chi connectivity index (χ2v) is 9.88. The summed E-state index contributed by atoms with van der Waals surface area (Å²) in [4.78, 5) is 0. The number of benzene rings is 2. The van der Waals surface area contributed by atoms with Crippen LogP contribution in [0.1, 0.15) is 114 Å². The molecule has 182 valence electrons. The third-order valence-corrected chi connectivity index (χ3v) is 7.11. The maximum Gasteiger partial charge on any atom is 0.211 e. The lowest BCUT2D eigenvalue weighted by Gasteiger charge is -2.11. The molecule has 0 bridgehead atoms. The van der Waals surface area contributed by atoms with Crippen molar-refractivity contribution in [1.29, 1.82) is 0 Å². The Labute approximate surface area is 208 Å². The van der Waals surface area contributed by atoms with Gasteiger partial charge < -0.3 is 5.53 Å². The fourth-order valence-corrected chi connectivity index (χ4v) is 5.05. The monoisotopic (exact) mass is 456 g/mol. The Hall–Kier alpha value is -2.48. The molecule has 2 heteroatoms. The molecule has 1 heterocycles. The van der Waals surface area contributed by atoms with Crippen LogP contribution in [0.5, 0.6) is 0 Å². The van der Waals surface area contributed by atoms with E-state index >= 15 is 0 Å². The highest BCUT2D eigenvalue weighted by Gasteiger charge is 2.33. The van der Waals surface area contributed by atoms with Crippen molar-refractivity contribution in [3.63, 3.8) is 0 Å². The third kappa shape index (κ3) is 6.56. The molecule has 2 aromatic carbocycles. The summed E-state index contributed by atoms with van der Waals surface area (Å²) >= 11 is 0. The van der Waals surface area contributed by atoms with Crippen LogP contribution >= 0.6 is 0 Å². The standard InChI is InChI=1S/C32H44N2/c1-5-8-11-13-16-27-17-14-18-29(24-27)32-30(19-12-9-6-2)25(4)31(34(32)33)28-22-20-26(21-23-28)15-10-7-3/h14,17-18,20-24H,5-13,15-16,19H2,1-4H3. The maximum atomic E-state index is 11.5. The fourth-order valence-electron chi connectivity index (χ4n) is 5.05. The molecule has 0 aromatic heterocycles. The Morgan fingerprint density at radius 2 is 1.26 bits per heavy atom. The number of aryl methyl sites for hydroxylation is 2. The largest absolute Gasteiger partial charge is 0.493 e. The highest BCUT2D eigenvalue weighted by atomic mass is 15.2. The van der Waals surface area contributed by atoms with E-state index in [0.29, 0.717) is 0 Å². The molecule has 2 aromatic rings. The van der Waals surface area contributed by atoms with E-state index in [1.54, 1.807) is 0 Å². The van der Waals surface area contributed by atoms with E-state index in [-0.39, 0.29) is 0 Å². The van der Waals surface area contributed by atoms with Gasteiger partial charge in [0, 0.05) is 22.3 Å². The van der Waals surface area contributed by atoms with E-state index in [1.165, 1.54) is 78.3 Å². The first-order valence-corrected chi connectivity index (χ1v) is 13.7. The summed E-state index contributed by atoms with van der Waals surface area (Å²) in [7, 11) is 0. The molecule has 0 amide bonds. The molecular weight excluding hydrogens is 412 g/mol. The van der Waals surface area contributed by atoms with E-state index in [1.807, 2.05) is 0 Å². The van der Waals surface area contributed by atoms with Crippen molar-refractivity contribution in [2.45, 2.75) is 105 Å². The van der Waals surface area contributed by atoms with Gasteiger partial charge in [0.25, 0.3) is 0 Å². The van der Waals surface area contributed by atoms with Gasteiger partial charge in [-0.3, -0.25) is 0 Å². The molecule has 0 unspecified atom stereocenters. The summed E-state index contributed by atoms with van der Waals surface area (Å²) in [6.07, 6.45) is 14.3. The van der Waals surface area contributed by atoms with E-state index in [4.69, 9.17) is 0 Å². The van der Waals surface area contributed by atoms with Gasteiger partial charge in [-0.05, 0) is 80.8 Å². The predicted octanol–water partition coefficient (Wildman–Crippen LogP) is 9.92. The average Bonchev–Trinajstić information content (AvgIpc) is 3.10. The van der Waals surface area contributed by atoms with Crippen molar-refractivity contribution in [2.75, 3.05) is 0 Å². The molecule has 2 nitrogen and oxygen atoms in total. The normalized spacial score (nSPS) is 13.9. The molecule has 0 spiro atoms. The van der Waals surface area contributed by atoms with Gasteiger partial charge in [0.2, 0.25) is 11.4 Å². The number of rotatable bonds is 14. The second kappa shape index (κ2) is 13.4. The molecule has 0 aliphatic carbocycles. The van der Waals surface area contributed by atoms with Crippen LogP contribution in [0.15, 0.2) is 59.7 Å². The van der Waals surface area contributed by atoms with Crippen LogP contribution in [0.25, 0.3) is 16.9 Å². The van der Waals surface area contributed by atoms with Crippen LogP contribution in [0, 0.1) is 0 Å². The Bertz CT molecular complexity index is 1010. The zero-order chi connectivity index (χ0) is 24.3. The Kier molecular flexibility index (Phi) is 10.3. The van der Waals surface area contributed by atoms with E-state index in [2.05, 4.69) is 76.2 Å². The lowest BCUT2D eigenvalue weighted by molar-refractivity contribution is -0.345. The lowest BCUT2D eigenvalue weighted by Crippen LogP contribution is -2.03. The van der Waals surface area contributed by atoms with E-state index < -0.39 is 0 Å². The van der Waals surface area contributed by atoms with Gasteiger partial charge in [0.1, 0.15) is 0 Å². The summed E-state index contributed by atoms with van der Waals surface area (Å²) in [6.45, 7) is 8.93. The first kappa shape index (κ1) is 26.1. The van der Waals surface area contributed by atoms with Crippen LogP contribution in [0.4, 0.5) is 0 Å². The van der Waals surface area contributed by atoms with Crippen molar-refractivity contribution < 1.29 is 4.70 Å². The Morgan fingerprint density at radius 3 is 1.97 bits per heavy atom. The van der Waals surface area contributed by atoms with Gasteiger partial charge >= 0.3 is 0 Å². The van der Waals surface area contributed by atoms with Gasteiger partial charge in [-0.2, -0.15) is 0 Å². The SMILES string of the molecule is CCCCCCc1cccc(C2=C(CCCCC)C(C)=C(c3ccc(CCCC)cc3)[N+]2=[N-])c1. The molecule has 34 heavy (non-hydrogen) atoms. The van der Waals surface area contributed by atoms with Crippen LogP contribution in [0.2, 0.25) is 0 Å². The molecule has 0 atom stereocenters. The Balaban J connectivity index is 1.90. The molecular formula is C32H44N2. The van der Waals surface area contributed by atoms with E-state index in [0.717, 1.165) is 48.2 Å². The third-order valence-electron chi connectivity index (χ3n) is 7.11. The number of hydrogen-bond acceptors (Lipinski definition) is 0. The van der Waals surface area contributed by atoms with Crippen molar-refractivity contribution in [3.05, 3.63) is 87.5 Å². The van der Waals surface area contributed by atoms with Crippen LogP contribution in [0.3, 0.4) is 0 Å². The summed E-state index contributed by atoms with van der Waals surface area (Å²) in [5.41, 5.74) is 20.9. The molecule has 1 aliphatic heterocycles. The summed E-state index contributed by atoms with van der Waals surface area (Å²) < 4.78 is 1.48. The van der Waals surface area contributed by atoms with Crippen LogP contribution < -0.4 is 0 Å². The van der Waals surface area contributed by atoms with Crippen molar-refractivity contribution in [2.24, 2.45) is 0 Å².